The van der Waals surface area contributed by atoms with E-state index in [2.05, 4.69) is 10.5 Å². The first-order valence-corrected chi connectivity index (χ1v) is 9.91. The average Bonchev–Trinajstić information content (AvgIpc) is 3.46. The first-order valence-electron chi connectivity index (χ1n) is 9.91. The molecule has 0 fully saturated rings. The van der Waals surface area contributed by atoms with Gasteiger partial charge >= 0.3 is 12.1 Å². The lowest BCUT2D eigenvalue weighted by molar-refractivity contribution is -0.137. The summed E-state index contributed by atoms with van der Waals surface area (Å²) >= 11 is 0. The number of halogens is 3. The van der Waals surface area contributed by atoms with Gasteiger partial charge in [-0.05, 0) is 47.2 Å². The molecule has 5 aromatic rings. The number of hydrazone groups is 1. The molecule has 0 aliphatic rings. The summed E-state index contributed by atoms with van der Waals surface area (Å²) in [5, 5.41) is 6.68. The van der Waals surface area contributed by atoms with Gasteiger partial charge in [0.15, 0.2) is 5.76 Å². The summed E-state index contributed by atoms with van der Waals surface area (Å²) in [4.78, 5) is 12.4. The highest BCUT2D eigenvalue weighted by Gasteiger charge is 2.30. The number of hydrogen-bond acceptors (Lipinski definition) is 4. The number of nitrogens with zero attached hydrogens (tertiary/aromatic N) is 1. The molecule has 2 heterocycles. The van der Waals surface area contributed by atoms with Crippen molar-refractivity contribution in [2.45, 2.75) is 6.18 Å². The zero-order valence-electron chi connectivity index (χ0n) is 16.9. The Morgan fingerprint density at radius 3 is 2.58 bits per heavy atom. The number of nitrogens with one attached hydrogen (secondary N) is 1. The van der Waals surface area contributed by atoms with Gasteiger partial charge in [0.25, 0.3) is 0 Å². The van der Waals surface area contributed by atoms with Crippen LogP contribution in [-0.4, -0.2) is 12.1 Å². The van der Waals surface area contributed by atoms with Gasteiger partial charge in [0.05, 0.1) is 11.8 Å². The number of rotatable bonds is 4. The Bertz CT molecular complexity index is 1510. The average molecular weight is 448 g/mol. The summed E-state index contributed by atoms with van der Waals surface area (Å²) in [5.41, 5.74) is 2.46. The van der Waals surface area contributed by atoms with Crippen LogP contribution in [0.1, 0.15) is 21.9 Å². The second kappa shape index (κ2) is 7.98. The first kappa shape index (κ1) is 20.6. The summed E-state index contributed by atoms with van der Waals surface area (Å²) in [6.45, 7) is 0. The van der Waals surface area contributed by atoms with Crippen molar-refractivity contribution in [3.8, 4) is 11.3 Å². The number of furan rings is 2. The predicted octanol–water partition coefficient (Wildman–Crippen LogP) is 6.63. The van der Waals surface area contributed by atoms with Crippen LogP contribution >= 0.6 is 0 Å². The molecule has 1 N–H and O–H groups in total. The van der Waals surface area contributed by atoms with Gasteiger partial charge < -0.3 is 8.83 Å². The molecule has 2 aromatic heterocycles. The minimum atomic E-state index is -4.44. The fourth-order valence-electron chi connectivity index (χ4n) is 3.54. The topological polar surface area (TPSA) is 67.7 Å². The molecule has 0 bridgehead atoms. The van der Waals surface area contributed by atoms with E-state index in [-0.39, 0.29) is 22.8 Å². The van der Waals surface area contributed by atoms with Gasteiger partial charge in [0.2, 0.25) is 0 Å². The van der Waals surface area contributed by atoms with Gasteiger partial charge in [-0.2, -0.15) is 18.3 Å². The molecule has 0 unspecified atom stereocenters. The lowest BCUT2D eigenvalue weighted by Crippen LogP contribution is -2.16. The molecule has 0 saturated carbocycles. The molecule has 33 heavy (non-hydrogen) atoms. The normalized spacial score (nSPS) is 12.1. The molecule has 0 aliphatic heterocycles. The minimum Gasteiger partial charge on any atom is -0.455 e. The molecule has 8 heteroatoms. The molecule has 0 saturated heterocycles. The van der Waals surface area contributed by atoms with Crippen molar-refractivity contribution in [3.05, 3.63) is 95.9 Å². The summed E-state index contributed by atoms with van der Waals surface area (Å²) < 4.78 is 49.9. The van der Waals surface area contributed by atoms with E-state index in [9.17, 15) is 18.0 Å². The van der Waals surface area contributed by atoms with E-state index < -0.39 is 17.6 Å². The number of carbonyl (C=O) groups excluding carboxylic acids is 1. The Kier molecular flexibility index (Phi) is 4.97. The monoisotopic (exact) mass is 448 g/mol. The van der Waals surface area contributed by atoms with E-state index in [0.717, 1.165) is 28.3 Å². The maximum Gasteiger partial charge on any atom is 0.416 e. The van der Waals surface area contributed by atoms with E-state index in [4.69, 9.17) is 8.83 Å². The lowest BCUT2D eigenvalue weighted by atomic mass is 10.1. The van der Waals surface area contributed by atoms with Crippen LogP contribution in [0.5, 0.6) is 0 Å². The second-order valence-electron chi connectivity index (χ2n) is 7.29. The van der Waals surface area contributed by atoms with Crippen LogP contribution in [0.3, 0.4) is 0 Å². The third-order valence-electron chi connectivity index (χ3n) is 5.11. The van der Waals surface area contributed by atoms with Gasteiger partial charge in [0.1, 0.15) is 17.1 Å². The number of hydrogen-bond donors (Lipinski definition) is 1. The number of benzene rings is 3. The highest BCUT2D eigenvalue weighted by atomic mass is 19.4. The van der Waals surface area contributed by atoms with Gasteiger partial charge in [-0.15, -0.1) is 0 Å². The molecular weight excluding hydrogens is 433 g/mol. The van der Waals surface area contributed by atoms with Crippen molar-refractivity contribution < 1.29 is 26.8 Å². The molecule has 0 atom stereocenters. The van der Waals surface area contributed by atoms with Crippen LogP contribution < -0.4 is 5.43 Å². The van der Waals surface area contributed by atoms with E-state index in [1.54, 1.807) is 18.2 Å². The Hall–Kier alpha value is -4.33. The quantitative estimate of drug-likeness (QED) is 0.248. The predicted molar refractivity (Wildman–Crippen MR) is 118 cm³/mol. The largest absolute Gasteiger partial charge is 0.455 e. The van der Waals surface area contributed by atoms with Crippen LogP contribution in [-0.2, 0) is 6.18 Å². The van der Waals surface area contributed by atoms with Crippen molar-refractivity contribution in [2.75, 3.05) is 0 Å². The number of amides is 1. The van der Waals surface area contributed by atoms with Gasteiger partial charge in [-0.3, -0.25) is 4.79 Å². The van der Waals surface area contributed by atoms with Crippen molar-refractivity contribution >= 4 is 33.9 Å². The molecule has 0 spiro atoms. The fourth-order valence-corrected chi connectivity index (χ4v) is 3.54. The van der Waals surface area contributed by atoms with Crippen molar-refractivity contribution in [1.29, 1.82) is 0 Å². The zero-order chi connectivity index (χ0) is 23.0. The summed E-state index contributed by atoms with van der Waals surface area (Å²) in [7, 11) is 0. The lowest BCUT2D eigenvalue weighted by Gasteiger charge is -2.07. The smallest absolute Gasteiger partial charge is 0.416 e. The highest BCUT2D eigenvalue weighted by Crippen LogP contribution is 2.32. The fraction of sp³-hybridized carbons (Fsp3) is 0.0400. The molecule has 3 aromatic carbocycles. The summed E-state index contributed by atoms with van der Waals surface area (Å²) in [5.74, 6) is 0.0649. The van der Waals surface area contributed by atoms with Crippen molar-refractivity contribution in [1.82, 2.24) is 5.43 Å². The summed E-state index contributed by atoms with van der Waals surface area (Å²) in [6.07, 6.45) is -3.19. The van der Waals surface area contributed by atoms with E-state index in [1.165, 1.54) is 24.4 Å². The highest BCUT2D eigenvalue weighted by molar-refractivity contribution is 6.08. The maximum absolute atomic E-state index is 12.9. The molecule has 0 radical (unpaired) electrons. The summed E-state index contributed by atoms with van der Waals surface area (Å²) in [6, 6.07) is 21.0. The SMILES string of the molecule is O=C(N/N=C\c1ccc(-c2cccc(C(F)(F)F)c2)o1)c1cc2c(ccc3ccccc32)o1. The minimum absolute atomic E-state index is 0.0996. The Balaban J connectivity index is 1.31. The molecule has 5 nitrogen and oxygen atoms in total. The zero-order valence-corrected chi connectivity index (χ0v) is 16.9. The third kappa shape index (κ3) is 4.10. The van der Waals surface area contributed by atoms with E-state index in [1.807, 2.05) is 30.3 Å². The molecule has 1 amide bonds. The first-order chi connectivity index (χ1) is 15.9. The standard InChI is InChI=1S/C25H15F3N2O3/c26-25(27,28)17-6-3-5-16(12-17)21-11-9-18(32-21)14-29-30-24(31)23-13-20-19-7-2-1-4-15(19)8-10-22(20)33-23/h1-14H,(H,30,31)/b29-14-. The van der Waals surface area contributed by atoms with Gasteiger partial charge in [0, 0.05) is 10.9 Å². The number of alkyl halides is 3. The van der Waals surface area contributed by atoms with Crippen LogP contribution in [0, 0.1) is 0 Å². The Labute approximate surface area is 185 Å². The molecule has 164 valence electrons. The van der Waals surface area contributed by atoms with Crippen molar-refractivity contribution in [2.24, 2.45) is 5.10 Å². The van der Waals surface area contributed by atoms with Crippen LogP contribution in [0.4, 0.5) is 13.2 Å². The van der Waals surface area contributed by atoms with Crippen LogP contribution in [0.2, 0.25) is 0 Å². The van der Waals surface area contributed by atoms with E-state index >= 15 is 0 Å². The molecule has 5 rings (SSSR count). The van der Waals surface area contributed by atoms with Gasteiger partial charge in [-0.25, -0.2) is 5.43 Å². The van der Waals surface area contributed by atoms with Crippen LogP contribution in [0.15, 0.2) is 92.8 Å². The second-order valence-corrected chi connectivity index (χ2v) is 7.29. The maximum atomic E-state index is 12.9. The van der Waals surface area contributed by atoms with E-state index in [0.29, 0.717) is 5.58 Å². The van der Waals surface area contributed by atoms with Crippen LogP contribution in [0.25, 0.3) is 33.1 Å². The third-order valence-corrected chi connectivity index (χ3v) is 5.11. The van der Waals surface area contributed by atoms with Gasteiger partial charge in [-0.1, -0.05) is 42.5 Å². The Morgan fingerprint density at radius 1 is 0.879 bits per heavy atom. The van der Waals surface area contributed by atoms with Crippen molar-refractivity contribution in [3.63, 3.8) is 0 Å². The number of fused-ring (bicyclic) bond motifs is 3. The Morgan fingerprint density at radius 2 is 1.73 bits per heavy atom. The molecular formula is C25H15F3N2O3. The molecule has 0 aliphatic carbocycles. The number of carbonyl (C=O) groups is 1.